The van der Waals surface area contributed by atoms with E-state index < -0.39 is 9.84 Å². The van der Waals surface area contributed by atoms with Gasteiger partial charge in [0.05, 0.1) is 0 Å². The van der Waals surface area contributed by atoms with Crippen LogP contribution in [0, 0.1) is 0 Å². The van der Waals surface area contributed by atoms with Gasteiger partial charge >= 0.3 is 0 Å². The lowest BCUT2D eigenvalue weighted by Gasteiger charge is -2.23. The van der Waals surface area contributed by atoms with Crippen LogP contribution in [0.1, 0.15) is 17.6 Å². The highest BCUT2D eigenvalue weighted by molar-refractivity contribution is 7.89. The SMILES string of the molecule is CS(=O)(=O)Cc1nc(C2CNC2)no1. The maximum atomic E-state index is 10.9. The highest BCUT2D eigenvalue weighted by Gasteiger charge is 2.24. The Kier molecular flexibility index (Phi) is 2.28. The fraction of sp³-hybridized carbons (Fsp3) is 0.714. The first-order valence-electron chi connectivity index (χ1n) is 4.25. The van der Waals surface area contributed by atoms with Gasteiger partial charge in [-0.25, -0.2) is 8.42 Å². The zero-order valence-electron chi connectivity index (χ0n) is 7.73. The molecule has 0 bridgehead atoms. The highest BCUT2D eigenvalue weighted by Crippen LogP contribution is 2.16. The summed E-state index contributed by atoms with van der Waals surface area (Å²) in [7, 11) is -3.09. The van der Waals surface area contributed by atoms with Crippen molar-refractivity contribution in [2.24, 2.45) is 0 Å². The number of sulfone groups is 1. The minimum Gasteiger partial charge on any atom is -0.338 e. The molecular weight excluding hydrogens is 206 g/mol. The first kappa shape index (κ1) is 9.60. The van der Waals surface area contributed by atoms with Crippen LogP contribution in [0.4, 0.5) is 0 Å². The van der Waals surface area contributed by atoms with Gasteiger partial charge in [-0.05, 0) is 0 Å². The Morgan fingerprint density at radius 1 is 1.57 bits per heavy atom. The standard InChI is InChI=1S/C7H11N3O3S/c1-14(11,12)4-6-9-7(10-13-6)5-2-8-3-5/h5,8H,2-4H2,1H3. The third-order valence-corrected chi connectivity index (χ3v) is 2.79. The van der Waals surface area contributed by atoms with Gasteiger partial charge in [0.2, 0.25) is 5.89 Å². The fourth-order valence-corrected chi connectivity index (χ4v) is 1.75. The maximum Gasteiger partial charge on any atom is 0.241 e. The van der Waals surface area contributed by atoms with E-state index in [1.807, 2.05) is 0 Å². The molecule has 78 valence electrons. The van der Waals surface area contributed by atoms with Gasteiger partial charge in [-0.15, -0.1) is 0 Å². The van der Waals surface area contributed by atoms with Crippen molar-refractivity contribution in [1.29, 1.82) is 0 Å². The second-order valence-electron chi connectivity index (χ2n) is 3.47. The van der Waals surface area contributed by atoms with E-state index in [0.29, 0.717) is 5.82 Å². The van der Waals surface area contributed by atoms with Gasteiger partial charge in [0, 0.05) is 25.3 Å². The van der Waals surface area contributed by atoms with E-state index in [9.17, 15) is 8.42 Å². The van der Waals surface area contributed by atoms with Crippen LogP contribution in [-0.4, -0.2) is 37.9 Å². The number of hydrogen-bond donors (Lipinski definition) is 1. The van der Waals surface area contributed by atoms with Crippen LogP contribution in [0.2, 0.25) is 0 Å². The predicted octanol–water partition coefficient (Wildman–Crippen LogP) is -0.699. The van der Waals surface area contributed by atoms with E-state index in [1.165, 1.54) is 0 Å². The van der Waals surface area contributed by atoms with Crippen molar-refractivity contribution in [2.45, 2.75) is 11.7 Å². The fourth-order valence-electron chi connectivity index (χ4n) is 1.19. The Bertz CT molecular complexity index is 421. The zero-order chi connectivity index (χ0) is 10.2. The lowest BCUT2D eigenvalue weighted by Crippen LogP contribution is -2.40. The van der Waals surface area contributed by atoms with Crippen molar-refractivity contribution in [3.8, 4) is 0 Å². The first-order chi connectivity index (χ1) is 6.54. The molecule has 1 aliphatic heterocycles. The second kappa shape index (κ2) is 3.32. The molecule has 7 heteroatoms. The molecule has 0 aromatic carbocycles. The largest absolute Gasteiger partial charge is 0.338 e. The lowest BCUT2D eigenvalue weighted by molar-refractivity contribution is 0.362. The number of aromatic nitrogens is 2. The third-order valence-electron chi connectivity index (χ3n) is 2.02. The second-order valence-corrected chi connectivity index (χ2v) is 5.61. The molecule has 1 N–H and O–H groups in total. The Balaban J connectivity index is 2.09. The summed E-state index contributed by atoms with van der Waals surface area (Å²) in [6.07, 6.45) is 1.14. The van der Waals surface area contributed by atoms with E-state index in [4.69, 9.17) is 4.52 Å². The number of nitrogens with one attached hydrogen (secondary N) is 1. The minimum atomic E-state index is -3.09. The summed E-state index contributed by atoms with van der Waals surface area (Å²) in [5.41, 5.74) is 0. The van der Waals surface area contributed by atoms with Crippen LogP contribution in [0.15, 0.2) is 4.52 Å². The smallest absolute Gasteiger partial charge is 0.241 e. The number of nitrogens with zero attached hydrogens (tertiary/aromatic N) is 2. The molecular formula is C7H11N3O3S. The molecule has 6 nitrogen and oxygen atoms in total. The van der Waals surface area contributed by atoms with Gasteiger partial charge in [-0.1, -0.05) is 5.16 Å². The molecule has 1 fully saturated rings. The Hall–Kier alpha value is -0.950. The van der Waals surface area contributed by atoms with E-state index >= 15 is 0 Å². The molecule has 1 saturated heterocycles. The van der Waals surface area contributed by atoms with Crippen LogP contribution in [0.5, 0.6) is 0 Å². The quantitative estimate of drug-likeness (QED) is 0.720. The third kappa shape index (κ3) is 2.10. The van der Waals surface area contributed by atoms with Gasteiger partial charge in [0.15, 0.2) is 15.7 Å². The molecule has 1 aromatic heterocycles. The molecule has 1 aromatic rings. The lowest BCUT2D eigenvalue weighted by atomic mass is 10.0. The Morgan fingerprint density at radius 2 is 2.29 bits per heavy atom. The summed E-state index contributed by atoms with van der Waals surface area (Å²) < 4.78 is 26.7. The normalized spacial score (nSPS) is 18.1. The van der Waals surface area contributed by atoms with Gasteiger partial charge in [0.1, 0.15) is 5.75 Å². The zero-order valence-corrected chi connectivity index (χ0v) is 8.54. The van der Waals surface area contributed by atoms with Crippen LogP contribution in [0.25, 0.3) is 0 Å². The number of rotatable bonds is 3. The van der Waals surface area contributed by atoms with Crippen molar-refractivity contribution >= 4 is 9.84 Å². The summed E-state index contributed by atoms with van der Waals surface area (Å²) in [6, 6.07) is 0. The molecule has 0 radical (unpaired) electrons. The molecule has 0 aliphatic carbocycles. The Morgan fingerprint density at radius 3 is 2.79 bits per heavy atom. The molecule has 0 unspecified atom stereocenters. The van der Waals surface area contributed by atoms with E-state index in [2.05, 4.69) is 15.5 Å². The van der Waals surface area contributed by atoms with Crippen molar-refractivity contribution in [3.63, 3.8) is 0 Å². The van der Waals surface area contributed by atoms with E-state index in [0.717, 1.165) is 19.3 Å². The molecule has 2 rings (SSSR count). The van der Waals surface area contributed by atoms with E-state index in [1.54, 1.807) is 0 Å². The van der Waals surface area contributed by atoms with Crippen LogP contribution >= 0.6 is 0 Å². The van der Waals surface area contributed by atoms with Gasteiger partial charge in [0.25, 0.3) is 0 Å². The van der Waals surface area contributed by atoms with Gasteiger partial charge < -0.3 is 9.84 Å². The van der Waals surface area contributed by atoms with Crippen LogP contribution < -0.4 is 5.32 Å². The van der Waals surface area contributed by atoms with Crippen LogP contribution in [0.3, 0.4) is 0 Å². The summed E-state index contributed by atoms with van der Waals surface area (Å²) in [6.45, 7) is 1.66. The highest BCUT2D eigenvalue weighted by atomic mass is 32.2. The minimum absolute atomic E-state index is 0.175. The molecule has 0 spiro atoms. The molecule has 2 heterocycles. The van der Waals surface area contributed by atoms with E-state index in [-0.39, 0.29) is 17.6 Å². The molecule has 14 heavy (non-hydrogen) atoms. The van der Waals surface area contributed by atoms with Crippen LogP contribution in [-0.2, 0) is 15.6 Å². The summed E-state index contributed by atoms with van der Waals surface area (Å²) in [5, 5.41) is 6.81. The average molecular weight is 217 g/mol. The van der Waals surface area contributed by atoms with Crippen molar-refractivity contribution in [3.05, 3.63) is 11.7 Å². The summed E-state index contributed by atoms with van der Waals surface area (Å²) in [5.74, 6) is 0.865. The van der Waals surface area contributed by atoms with Gasteiger partial charge in [-0.2, -0.15) is 4.98 Å². The average Bonchev–Trinajstić information content (AvgIpc) is 2.28. The summed E-state index contributed by atoms with van der Waals surface area (Å²) in [4.78, 5) is 4.02. The molecule has 0 amide bonds. The molecule has 0 saturated carbocycles. The number of hydrogen-bond acceptors (Lipinski definition) is 6. The first-order valence-corrected chi connectivity index (χ1v) is 6.31. The maximum absolute atomic E-state index is 10.9. The predicted molar refractivity (Wildman–Crippen MR) is 48.5 cm³/mol. The van der Waals surface area contributed by atoms with Gasteiger partial charge in [-0.3, -0.25) is 0 Å². The molecule has 1 aliphatic rings. The van der Waals surface area contributed by atoms with Crippen molar-refractivity contribution in [1.82, 2.24) is 15.5 Å². The van der Waals surface area contributed by atoms with Crippen molar-refractivity contribution in [2.75, 3.05) is 19.3 Å². The Labute approximate surface area is 81.6 Å². The summed E-state index contributed by atoms with van der Waals surface area (Å²) >= 11 is 0. The topological polar surface area (TPSA) is 85.1 Å². The monoisotopic (exact) mass is 217 g/mol. The van der Waals surface area contributed by atoms with Crippen molar-refractivity contribution < 1.29 is 12.9 Å². The molecule has 0 atom stereocenters.